The van der Waals surface area contributed by atoms with Gasteiger partial charge in [-0.2, -0.15) is 0 Å². The SMILES string of the molecule is Cc1ccc2c(c1)C(NC1CC1)C(C)C2. The Morgan fingerprint density at radius 3 is 2.80 bits per heavy atom. The van der Waals surface area contributed by atoms with Crippen molar-refractivity contribution in [2.24, 2.45) is 5.92 Å². The van der Waals surface area contributed by atoms with E-state index < -0.39 is 0 Å². The maximum Gasteiger partial charge on any atom is 0.0354 e. The molecule has 0 spiro atoms. The molecule has 1 saturated carbocycles. The number of fused-ring (bicyclic) bond motifs is 1. The summed E-state index contributed by atoms with van der Waals surface area (Å²) >= 11 is 0. The van der Waals surface area contributed by atoms with Crippen molar-refractivity contribution in [3.05, 3.63) is 34.9 Å². The van der Waals surface area contributed by atoms with Gasteiger partial charge in [-0.3, -0.25) is 0 Å². The Kier molecular flexibility index (Phi) is 2.10. The van der Waals surface area contributed by atoms with Gasteiger partial charge in [0.2, 0.25) is 0 Å². The summed E-state index contributed by atoms with van der Waals surface area (Å²) in [5, 5.41) is 3.79. The minimum Gasteiger partial charge on any atom is -0.307 e. The zero-order chi connectivity index (χ0) is 10.4. The average molecular weight is 201 g/mol. The van der Waals surface area contributed by atoms with Gasteiger partial charge in [-0.15, -0.1) is 0 Å². The van der Waals surface area contributed by atoms with Gasteiger partial charge in [-0.1, -0.05) is 30.7 Å². The van der Waals surface area contributed by atoms with Crippen molar-refractivity contribution < 1.29 is 0 Å². The highest BCUT2D eigenvalue weighted by Crippen LogP contribution is 2.38. The lowest BCUT2D eigenvalue weighted by molar-refractivity contribution is 0.414. The molecule has 1 aromatic carbocycles. The normalized spacial score (nSPS) is 29.2. The van der Waals surface area contributed by atoms with Crippen LogP contribution in [0.4, 0.5) is 0 Å². The maximum atomic E-state index is 3.79. The number of nitrogens with one attached hydrogen (secondary N) is 1. The van der Waals surface area contributed by atoms with Crippen LogP contribution in [0.1, 0.15) is 42.5 Å². The van der Waals surface area contributed by atoms with Crippen LogP contribution in [0.5, 0.6) is 0 Å². The zero-order valence-corrected chi connectivity index (χ0v) is 9.59. The van der Waals surface area contributed by atoms with Gasteiger partial charge in [0.1, 0.15) is 0 Å². The van der Waals surface area contributed by atoms with Crippen molar-refractivity contribution in [1.82, 2.24) is 5.32 Å². The second kappa shape index (κ2) is 3.34. The fourth-order valence-corrected chi connectivity index (χ4v) is 2.72. The lowest BCUT2D eigenvalue weighted by atomic mass is 10.0. The molecule has 0 aliphatic heterocycles. The molecule has 0 radical (unpaired) electrons. The highest BCUT2D eigenvalue weighted by molar-refractivity contribution is 5.38. The van der Waals surface area contributed by atoms with E-state index in [-0.39, 0.29) is 0 Å². The van der Waals surface area contributed by atoms with E-state index in [1.165, 1.54) is 24.8 Å². The Bertz CT molecular complexity index is 379. The molecule has 3 rings (SSSR count). The summed E-state index contributed by atoms with van der Waals surface area (Å²) in [6.07, 6.45) is 4.01. The van der Waals surface area contributed by atoms with E-state index in [4.69, 9.17) is 0 Å². The monoisotopic (exact) mass is 201 g/mol. The molecule has 2 atom stereocenters. The molecule has 1 fully saturated rings. The van der Waals surface area contributed by atoms with E-state index in [0.717, 1.165) is 12.0 Å². The Balaban J connectivity index is 1.91. The van der Waals surface area contributed by atoms with Crippen molar-refractivity contribution in [3.8, 4) is 0 Å². The van der Waals surface area contributed by atoms with Gasteiger partial charge in [0.25, 0.3) is 0 Å². The molecule has 80 valence electrons. The van der Waals surface area contributed by atoms with E-state index in [1.807, 2.05) is 0 Å². The minimum atomic E-state index is 0.618. The van der Waals surface area contributed by atoms with Crippen molar-refractivity contribution in [1.29, 1.82) is 0 Å². The van der Waals surface area contributed by atoms with E-state index in [9.17, 15) is 0 Å². The summed E-state index contributed by atoms with van der Waals surface area (Å²) in [5.41, 5.74) is 4.52. The van der Waals surface area contributed by atoms with Gasteiger partial charge >= 0.3 is 0 Å². The smallest absolute Gasteiger partial charge is 0.0354 e. The first-order valence-electron chi connectivity index (χ1n) is 6.09. The third-order valence-electron chi connectivity index (χ3n) is 3.74. The first kappa shape index (κ1) is 9.41. The Morgan fingerprint density at radius 1 is 1.27 bits per heavy atom. The average Bonchev–Trinajstić information content (AvgIpc) is 2.96. The maximum absolute atomic E-state index is 3.79. The summed E-state index contributed by atoms with van der Waals surface area (Å²) in [5.74, 6) is 0.766. The Labute approximate surface area is 91.9 Å². The van der Waals surface area contributed by atoms with Gasteiger partial charge in [-0.25, -0.2) is 0 Å². The minimum absolute atomic E-state index is 0.618. The van der Waals surface area contributed by atoms with Crippen LogP contribution in [0.3, 0.4) is 0 Å². The second-order valence-electron chi connectivity index (χ2n) is 5.30. The molecule has 1 heteroatoms. The molecule has 1 N–H and O–H groups in total. The van der Waals surface area contributed by atoms with Gasteiger partial charge in [0.15, 0.2) is 0 Å². The van der Waals surface area contributed by atoms with Crippen molar-refractivity contribution in [2.75, 3.05) is 0 Å². The molecule has 1 aromatic rings. The van der Waals surface area contributed by atoms with Crippen LogP contribution in [-0.4, -0.2) is 6.04 Å². The van der Waals surface area contributed by atoms with Crippen molar-refractivity contribution in [3.63, 3.8) is 0 Å². The molecule has 0 heterocycles. The highest BCUT2D eigenvalue weighted by atomic mass is 15.0. The lowest BCUT2D eigenvalue weighted by Crippen LogP contribution is -2.25. The number of benzene rings is 1. The van der Waals surface area contributed by atoms with Gasteiger partial charge in [0.05, 0.1) is 0 Å². The third-order valence-corrected chi connectivity index (χ3v) is 3.74. The lowest BCUT2D eigenvalue weighted by Gasteiger charge is -2.18. The van der Waals surface area contributed by atoms with E-state index >= 15 is 0 Å². The molecule has 0 aromatic heterocycles. The third kappa shape index (κ3) is 1.69. The summed E-state index contributed by atoms with van der Waals surface area (Å²) in [6.45, 7) is 4.56. The predicted octanol–water partition coefficient (Wildman–Crippen LogP) is 2.98. The van der Waals surface area contributed by atoms with Crippen LogP contribution in [0.15, 0.2) is 18.2 Å². The predicted molar refractivity (Wildman–Crippen MR) is 62.9 cm³/mol. The molecule has 1 nitrogen and oxygen atoms in total. The van der Waals surface area contributed by atoms with Crippen molar-refractivity contribution in [2.45, 2.75) is 45.2 Å². The zero-order valence-electron chi connectivity index (χ0n) is 9.59. The largest absolute Gasteiger partial charge is 0.307 e. The summed E-state index contributed by atoms with van der Waals surface area (Å²) < 4.78 is 0. The fourth-order valence-electron chi connectivity index (χ4n) is 2.72. The first-order valence-corrected chi connectivity index (χ1v) is 6.09. The van der Waals surface area contributed by atoms with E-state index in [2.05, 4.69) is 37.4 Å². The Hall–Kier alpha value is -0.820. The van der Waals surface area contributed by atoms with Gasteiger partial charge < -0.3 is 5.32 Å². The van der Waals surface area contributed by atoms with Crippen LogP contribution in [0.25, 0.3) is 0 Å². The topological polar surface area (TPSA) is 12.0 Å². The first-order chi connectivity index (χ1) is 7.24. The molecule has 2 aliphatic rings. The second-order valence-corrected chi connectivity index (χ2v) is 5.30. The van der Waals surface area contributed by atoms with Gasteiger partial charge in [0, 0.05) is 12.1 Å². The highest BCUT2D eigenvalue weighted by Gasteiger charge is 2.33. The summed E-state index contributed by atoms with van der Waals surface area (Å²) in [6, 6.07) is 8.36. The summed E-state index contributed by atoms with van der Waals surface area (Å²) in [4.78, 5) is 0. The number of rotatable bonds is 2. The quantitative estimate of drug-likeness (QED) is 0.775. The fraction of sp³-hybridized carbons (Fsp3) is 0.571. The number of hydrogen-bond donors (Lipinski definition) is 1. The molecule has 0 bridgehead atoms. The van der Waals surface area contributed by atoms with Gasteiger partial charge in [-0.05, 0) is 43.2 Å². The van der Waals surface area contributed by atoms with E-state index in [0.29, 0.717) is 6.04 Å². The molecule has 2 unspecified atom stereocenters. The van der Waals surface area contributed by atoms with Crippen LogP contribution in [0.2, 0.25) is 0 Å². The Morgan fingerprint density at radius 2 is 2.07 bits per heavy atom. The molecule has 2 aliphatic carbocycles. The molecule has 0 amide bonds. The number of hydrogen-bond acceptors (Lipinski definition) is 1. The van der Waals surface area contributed by atoms with Crippen LogP contribution >= 0.6 is 0 Å². The van der Waals surface area contributed by atoms with Crippen LogP contribution in [0, 0.1) is 12.8 Å². The molecule has 15 heavy (non-hydrogen) atoms. The molecular weight excluding hydrogens is 182 g/mol. The van der Waals surface area contributed by atoms with Crippen molar-refractivity contribution >= 4 is 0 Å². The van der Waals surface area contributed by atoms with E-state index in [1.54, 1.807) is 11.1 Å². The summed E-state index contributed by atoms with van der Waals surface area (Å²) in [7, 11) is 0. The standard InChI is InChI=1S/C14H19N/c1-9-3-4-11-8-10(2)14(13(11)7-9)15-12-5-6-12/h3-4,7,10,12,14-15H,5-6,8H2,1-2H3. The number of aryl methyl sites for hydroxylation is 1. The molecule has 0 saturated heterocycles. The van der Waals surface area contributed by atoms with Crippen LogP contribution in [-0.2, 0) is 6.42 Å². The molecular formula is C14H19N. The van der Waals surface area contributed by atoms with Crippen LogP contribution < -0.4 is 5.32 Å².